The molecule has 0 bridgehead atoms. The number of aromatic nitrogens is 5. The van der Waals surface area contributed by atoms with Gasteiger partial charge in [0.2, 0.25) is 11.4 Å². The topological polar surface area (TPSA) is 156 Å². The van der Waals surface area contributed by atoms with Crippen LogP contribution >= 0.6 is 23.2 Å². The molecule has 0 aliphatic rings. The second kappa shape index (κ2) is 8.02. The van der Waals surface area contributed by atoms with Crippen molar-refractivity contribution in [3.63, 3.8) is 0 Å². The number of benzene rings is 1. The average Bonchev–Trinajstić information content (AvgIpc) is 2.65. The fourth-order valence-electron chi connectivity index (χ4n) is 2.45. The fraction of sp³-hybridized carbons (Fsp3) is 0.176. The smallest absolute Gasteiger partial charge is 0.349 e. The van der Waals surface area contributed by atoms with Crippen LogP contribution in [0, 0.1) is 11.3 Å². The van der Waals surface area contributed by atoms with Gasteiger partial charge in [0, 0.05) is 6.04 Å². The molecule has 2 aromatic heterocycles. The highest BCUT2D eigenvalue weighted by atomic mass is 35.5. The van der Waals surface area contributed by atoms with E-state index in [1.807, 2.05) is 4.98 Å². The maximum atomic E-state index is 12.1. The molecule has 0 saturated heterocycles. The number of rotatable bonds is 4. The lowest BCUT2D eigenvalue weighted by molar-refractivity contribution is 0.452. The Bertz CT molecular complexity index is 1400. The first-order chi connectivity index (χ1) is 14.1. The van der Waals surface area contributed by atoms with Crippen molar-refractivity contribution >= 4 is 23.2 Å². The summed E-state index contributed by atoms with van der Waals surface area (Å²) in [7, 11) is 0. The monoisotopic (exact) mass is 450 g/mol. The molecule has 0 fully saturated rings. The van der Waals surface area contributed by atoms with Gasteiger partial charge >= 0.3 is 11.4 Å². The molecule has 0 radical (unpaired) electrons. The summed E-state index contributed by atoms with van der Waals surface area (Å²) in [6.45, 7) is 3.48. The van der Waals surface area contributed by atoms with E-state index in [1.165, 1.54) is 22.9 Å². The van der Waals surface area contributed by atoms with Crippen molar-refractivity contribution in [1.29, 1.82) is 5.26 Å². The van der Waals surface area contributed by atoms with E-state index >= 15 is 0 Å². The van der Waals surface area contributed by atoms with Crippen LogP contribution in [0.1, 0.15) is 25.6 Å². The highest BCUT2D eigenvalue weighted by Gasteiger charge is 2.17. The van der Waals surface area contributed by atoms with Crippen LogP contribution < -0.4 is 27.2 Å². The van der Waals surface area contributed by atoms with Crippen molar-refractivity contribution in [2.75, 3.05) is 0 Å². The summed E-state index contributed by atoms with van der Waals surface area (Å²) in [6.07, 6.45) is 1.22. The largest absolute Gasteiger partial charge is 0.447 e. The molecule has 2 heterocycles. The minimum absolute atomic E-state index is 0.0381. The number of H-pyrrole nitrogens is 2. The predicted molar refractivity (Wildman–Crippen MR) is 107 cm³/mol. The molecule has 11 nitrogen and oxygen atoms in total. The number of aromatic amines is 2. The van der Waals surface area contributed by atoms with Gasteiger partial charge in [-0.15, -0.1) is 5.10 Å². The molecule has 1 aromatic carbocycles. The Morgan fingerprint density at radius 1 is 1.07 bits per heavy atom. The number of ether oxygens (including phenoxy) is 1. The van der Waals surface area contributed by atoms with Gasteiger partial charge in [-0.25, -0.2) is 9.59 Å². The summed E-state index contributed by atoms with van der Waals surface area (Å²) in [5, 5.41) is 12.4. The van der Waals surface area contributed by atoms with E-state index in [9.17, 15) is 19.2 Å². The van der Waals surface area contributed by atoms with E-state index in [0.717, 1.165) is 4.68 Å². The van der Waals surface area contributed by atoms with Crippen molar-refractivity contribution in [1.82, 2.24) is 24.3 Å². The highest BCUT2D eigenvalue weighted by Crippen LogP contribution is 2.37. The van der Waals surface area contributed by atoms with Crippen molar-refractivity contribution in [3.05, 3.63) is 75.7 Å². The van der Waals surface area contributed by atoms with Gasteiger partial charge in [-0.05, 0) is 26.0 Å². The number of nitrogens with zero attached hydrogens (tertiary/aromatic N) is 4. The molecule has 3 aromatic rings. The molecule has 13 heteroatoms. The average molecular weight is 451 g/mol. The van der Waals surface area contributed by atoms with Gasteiger partial charge in [-0.1, -0.05) is 23.2 Å². The van der Waals surface area contributed by atoms with Crippen LogP contribution in [0.15, 0.2) is 37.5 Å². The van der Waals surface area contributed by atoms with Gasteiger partial charge in [0.25, 0.3) is 11.1 Å². The summed E-state index contributed by atoms with van der Waals surface area (Å²) in [4.78, 5) is 51.5. The lowest BCUT2D eigenvalue weighted by atomic mass is 10.3. The molecule has 0 saturated carbocycles. The van der Waals surface area contributed by atoms with Gasteiger partial charge in [-0.3, -0.25) is 24.1 Å². The van der Waals surface area contributed by atoms with Crippen LogP contribution in [0.25, 0.3) is 5.69 Å². The SMILES string of the molecule is CC(C)n1cc(Oc2c(Cl)cc(-n3nc(C#N)c(=O)[nH]c3=O)cc2Cl)c(=O)[nH]c1=O. The molecule has 0 atom stereocenters. The second-order valence-corrected chi connectivity index (χ2v) is 7.04. The number of halogens is 2. The van der Waals surface area contributed by atoms with E-state index in [-0.39, 0.29) is 33.3 Å². The Morgan fingerprint density at radius 2 is 1.67 bits per heavy atom. The third-order valence-electron chi connectivity index (χ3n) is 3.86. The Balaban J connectivity index is 2.10. The Morgan fingerprint density at radius 3 is 2.23 bits per heavy atom. The van der Waals surface area contributed by atoms with Crippen molar-refractivity contribution in [2.24, 2.45) is 0 Å². The molecule has 0 aliphatic heterocycles. The Hall–Kier alpha value is -3.62. The molecule has 3 rings (SSSR count). The van der Waals surface area contributed by atoms with E-state index < -0.39 is 28.2 Å². The number of nitriles is 1. The van der Waals surface area contributed by atoms with Crippen LogP contribution in [0.4, 0.5) is 0 Å². The van der Waals surface area contributed by atoms with Crippen LogP contribution in [-0.4, -0.2) is 24.3 Å². The lowest BCUT2D eigenvalue weighted by Crippen LogP contribution is -2.33. The third kappa shape index (κ3) is 3.91. The number of hydrogen-bond acceptors (Lipinski definition) is 7. The van der Waals surface area contributed by atoms with Crippen LogP contribution in [0.3, 0.4) is 0 Å². The maximum absolute atomic E-state index is 12.1. The Kier molecular flexibility index (Phi) is 5.64. The quantitative estimate of drug-likeness (QED) is 0.606. The van der Waals surface area contributed by atoms with E-state index in [0.29, 0.717) is 0 Å². The molecular weight excluding hydrogens is 439 g/mol. The standard InChI is InChI=1S/C17H12Cl2N6O5/c1-7(2)24-6-12(15(27)22-16(24)28)30-13-9(18)3-8(4-10(13)19)25-17(29)21-14(26)11(5-20)23-25/h3-4,6-7H,1-2H3,(H,21,26,29)(H,22,27,28). The molecule has 2 N–H and O–H groups in total. The van der Waals surface area contributed by atoms with Gasteiger partial charge in [0.1, 0.15) is 6.07 Å². The van der Waals surface area contributed by atoms with Crippen molar-refractivity contribution in [3.8, 4) is 23.3 Å². The second-order valence-electron chi connectivity index (χ2n) is 6.23. The van der Waals surface area contributed by atoms with Crippen molar-refractivity contribution < 1.29 is 4.74 Å². The van der Waals surface area contributed by atoms with Gasteiger partial charge in [0.05, 0.1) is 21.9 Å². The van der Waals surface area contributed by atoms with Crippen LogP contribution in [-0.2, 0) is 0 Å². The van der Waals surface area contributed by atoms with E-state index in [4.69, 9.17) is 33.2 Å². The summed E-state index contributed by atoms with van der Waals surface area (Å²) < 4.78 is 7.50. The summed E-state index contributed by atoms with van der Waals surface area (Å²) >= 11 is 12.4. The third-order valence-corrected chi connectivity index (χ3v) is 4.43. The Labute approximate surface area is 176 Å². The van der Waals surface area contributed by atoms with Gasteiger partial charge < -0.3 is 4.74 Å². The molecule has 0 aliphatic carbocycles. The fourth-order valence-corrected chi connectivity index (χ4v) is 3.00. The molecule has 30 heavy (non-hydrogen) atoms. The molecule has 0 unspecified atom stereocenters. The minimum Gasteiger partial charge on any atom is -0.447 e. The zero-order chi connectivity index (χ0) is 22.2. The first kappa shape index (κ1) is 21.1. The first-order valence-electron chi connectivity index (χ1n) is 8.29. The summed E-state index contributed by atoms with van der Waals surface area (Å²) in [6, 6.07) is 3.79. The number of hydrogen-bond donors (Lipinski definition) is 2. The summed E-state index contributed by atoms with van der Waals surface area (Å²) in [5.74, 6) is -0.342. The van der Waals surface area contributed by atoms with Gasteiger partial charge in [-0.2, -0.15) is 9.94 Å². The van der Waals surface area contributed by atoms with Crippen LogP contribution in [0.5, 0.6) is 11.5 Å². The molecule has 0 spiro atoms. The summed E-state index contributed by atoms with van der Waals surface area (Å²) in [5.41, 5.74) is -3.74. The minimum atomic E-state index is -0.935. The van der Waals surface area contributed by atoms with Crippen molar-refractivity contribution in [2.45, 2.75) is 19.9 Å². The highest BCUT2D eigenvalue weighted by molar-refractivity contribution is 6.37. The zero-order valence-electron chi connectivity index (χ0n) is 15.4. The van der Waals surface area contributed by atoms with E-state index in [2.05, 4.69) is 10.1 Å². The maximum Gasteiger partial charge on any atom is 0.349 e. The molecular formula is C17H12Cl2N6O5. The predicted octanol–water partition coefficient (Wildman–Crippen LogP) is 1.32. The zero-order valence-corrected chi connectivity index (χ0v) is 16.9. The van der Waals surface area contributed by atoms with Gasteiger partial charge in [0.15, 0.2) is 5.75 Å². The van der Waals surface area contributed by atoms with Crippen LogP contribution in [0.2, 0.25) is 10.0 Å². The number of nitrogens with one attached hydrogen (secondary N) is 2. The first-order valence-corrected chi connectivity index (χ1v) is 9.04. The van der Waals surface area contributed by atoms with E-state index in [1.54, 1.807) is 19.9 Å². The lowest BCUT2D eigenvalue weighted by Gasteiger charge is -2.14. The molecule has 154 valence electrons. The molecule has 0 amide bonds. The normalized spacial score (nSPS) is 10.8.